The molecule has 1 aromatic carbocycles. The van der Waals surface area contributed by atoms with Crippen LogP contribution < -0.4 is 4.74 Å². The molecule has 1 unspecified atom stereocenters. The second-order valence-electron chi connectivity index (χ2n) is 4.29. The van der Waals surface area contributed by atoms with E-state index in [-0.39, 0.29) is 5.92 Å². The van der Waals surface area contributed by atoms with Crippen LogP contribution in [0.4, 0.5) is 0 Å². The van der Waals surface area contributed by atoms with Gasteiger partial charge in [-0.25, -0.2) is 0 Å². The summed E-state index contributed by atoms with van der Waals surface area (Å²) in [5.41, 5.74) is 4.49. The SMILES string of the molecule is COc1cc(C)cc2c1C(C)C(C=O)=CC2. The lowest BCUT2D eigenvalue weighted by molar-refractivity contribution is -0.105. The van der Waals surface area contributed by atoms with Crippen LogP contribution in [0.15, 0.2) is 23.8 Å². The van der Waals surface area contributed by atoms with Gasteiger partial charge >= 0.3 is 0 Å². The van der Waals surface area contributed by atoms with Crippen LogP contribution in [0.3, 0.4) is 0 Å². The highest BCUT2D eigenvalue weighted by atomic mass is 16.5. The molecule has 0 bridgehead atoms. The number of hydrogen-bond acceptors (Lipinski definition) is 2. The summed E-state index contributed by atoms with van der Waals surface area (Å²) in [6.45, 7) is 4.11. The number of allylic oxidation sites excluding steroid dienone is 2. The van der Waals surface area contributed by atoms with Crippen molar-refractivity contribution in [2.45, 2.75) is 26.2 Å². The first-order valence-corrected chi connectivity index (χ1v) is 5.50. The minimum absolute atomic E-state index is 0.136. The average Bonchev–Trinajstić information content (AvgIpc) is 2.28. The quantitative estimate of drug-likeness (QED) is 0.710. The van der Waals surface area contributed by atoms with E-state index in [1.54, 1.807) is 7.11 Å². The molecule has 1 aliphatic carbocycles. The van der Waals surface area contributed by atoms with E-state index in [9.17, 15) is 4.79 Å². The van der Waals surface area contributed by atoms with Crippen molar-refractivity contribution in [1.82, 2.24) is 0 Å². The summed E-state index contributed by atoms with van der Waals surface area (Å²) in [6, 6.07) is 4.20. The maximum Gasteiger partial charge on any atom is 0.146 e. The molecular weight excluding hydrogens is 200 g/mol. The minimum atomic E-state index is 0.136. The Bertz CT molecular complexity index is 458. The van der Waals surface area contributed by atoms with E-state index in [0.29, 0.717) is 0 Å². The van der Waals surface area contributed by atoms with Gasteiger partial charge in [0, 0.05) is 11.5 Å². The molecule has 0 saturated carbocycles. The average molecular weight is 216 g/mol. The number of methoxy groups -OCH3 is 1. The molecular formula is C14H16O2. The van der Waals surface area contributed by atoms with Crippen LogP contribution in [0.1, 0.15) is 29.5 Å². The molecule has 0 spiro atoms. The number of hydrogen-bond donors (Lipinski definition) is 0. The fraction of sp³-hybridized carbons (Fsp3) is 0.357. The predicted molar refractivity (Wildman–Crippen MR) is 64.0 cm³/mol. The Morgan fingerprint density at radius 3 is 2.81 bits per heavy atom. The highest BCUT2D eigenvalue weighted by Gasteiger charge is 2.22. The molecule has 1 aliphatic rings. The number of aryl methyl sites for hydroxylation is 1. The second-order valence-corrected chi connectivity index (χ2v) is 4.29. The Hall–Kier alpha value is -1.57. The third-order valence-electron chi connectivity index (χ3n) is 3.22. The number of carbonyl (C=O) groups excluding carboxylic acids is 1. The third-order valence-corrected chi connectivity index (χ3v) is 3.22. The van der Waals surface area contributed by atoms with E-state index in [0.717, 1.165) is 29.6 Å². The fourth-order valence-electron chi connectivity index (χ4n) is 2.39. The number of fused-ring (bicyclic) bond motifs is 1. The zero-order chi connectivity index (χ0) is 11.7. The summed E-state index contributed by atoms with van der Waals surface area (Å²) in [5.74, 6) is 1.03. The van der Waals surface area contributed by atoms with Gasteiger partial charge in [-0.15, -0.1) is 0 Å². The molecule has 0 radical (unpaired) electrons. The van der Waals surface area contributed by atoms with E-state index < -0.39 is 0 Å². The topological polar surface area (TPSA) is 26.3 Å². The molecule has 0 N–H and O–H groups in total. The van der Waals surface area contributed by atoms with Gasteiger partial charge in [0.1, 0.15) is 12.0 Å². The molecule has 0 heterocycles. The molecule has 0 fully saturated rings. The van der Waals surface area contributed by atoms with E-state index in [4.69, 9.17) is 4.74 Å². The number of carbonyl (C=O) groups is 1. The Morgan fingerprint density at radius 1 is 1.44 bits per heavy atom. The predicted octanol–water partition coefficient (Wildman–Crippen LogP) is 2.79. The first-order chi connectivity index (χ1) is 7.67. The van der Waals surface area contributed by atoms with E-state index in [2.05, 4.69) is 19.9 Å². The molecule has 0 saturated heterocycles. The van der Waals surface area contributed by atoms with Crippen molar-refractivity contribution >= 4 is 6.29 Å². The van der Waals surface area contributed by atoms with Gasteiger partial charge in [-0.3, -0.25) is 4.79 Å². The smallest absolute Gasteiger partial charge is 0.146 e. The zero-order valence-corrected chi connectivity index (χ0v) is 9.91. The highest BCUT2D eigenvalue weighted by Crippen LogP contribution is 2.38. The van der Waals surface area contributed by atoms with Gasteiger partial charge in [0.2, 0.25) is 0 Å². The van der Waals surface area contributed by atoms with E-state index in [1.165, 1.54) is 11.1 Å². The molecule has 1 atom stereocenters. The Kier molecular flexibility index (Phi) is 2.82. The van der Waals surface area contributed by atoms with Crippen molar-refractivity contribution in [3.63, 3.8) is 0 Å². The molecule has 2 nitrogen and oxygen atoms in total. The van der Waals surface area contributed by atoms with Crippen molar-refractivity contribution in [2.75, 3.05) is 7.11 Å². The second kappa shape index (κ2) is 4.12. The molecule has 1 aromatic rings. The van der Waals surface area contributed by atoms with Gasteiger partial charge in [-0.05, 0) is 36.1 Å². The van der Waals surface area contributed by atoms with Crippen molar-refractivity contribution in [3.05, 3.63) is 40.5 Å². The largest absolute Gasteiger partial charge is 0.496 e. The van der Waals surface area contributed by atoms with Crippen LogP contribution >= 0.6 is 0 Å². The third kappa shape index (κ3) is 1.64. The molecule has 84 valence electrons. The van der Waals surface area contributed by atoms with E-state index >= 15 is 0 Å². The van der Waals surface area contributed by atoms with Gasteiger partial charge in [-0.1, -0.05) is 19.1 Å². The lowest BCUT2D eigenvalue weighted by atomic mass is 9.82. The van der Waals surface area contributed by atoms with Crippen molar-refractivity contribution < 1.29 is 9.53 Å². The fourth-order valence-corrected chi connectivity index (χ4v) is 2.39. The Balaban J connectivity index is 2.58. The first kappa shape index (κ1) is 10.9. The van der Waals surface area contributed by atoms with Crippen LogP contribution in [0.25, 0.3) is 0 Å². The molecule has 0 aromatic heterocycles. The van der Waals surface area contributed by atoms with Crippen LogP contribution in [0, 0.1) is 6.92 Å². The summed E-state index contributed by atoms with van der Waals surface area (Å²) in [6.07, 6.45) is 3.79. The van der Waals surface area contributed by atoms with Gasteiger partial charge in [0.05, 0.1) is 7.11 Å². The summed E-state index contributed by atoms with van der Waals surface area (Å²) < 4.78 is 5.41. The molecule has 0 amide bonds. The first-order valence-electron chi connectivity index (χ1n) is 5.50. The summed E-state index contributed by atoms with van der Waals surface area (Å²) >= 11 is 0. The zero-order valence-electron chi connectivity index (χ0n) is 9.91. The lowest BCUT2D eigenvalue weighted by Gasteiger charge is -2.24. The highest BCUT2D eigenvalue weighted by molar-refractivity contribution is 5.78. The summed E-state index contributed by atoms with van der Waals surface area (Å²) in [7, 11) is 1.68. The van der Waals surface area contributed by atoms with Gasteiger partial charge in [0.15, 0.2) is 0 Å². The maximum absolute atomic E-state index is 10.9. The lowest BCUT2D eigenvalue weighted by Crippen LogP contribution is -2.11. The van der Waals surface area contributed by atoms with Crippen molar-refractivity contribution in [1.29, 1.82) is 0 Å². The van der Waals surface area contributed by atoms with E-state index in [1.807, 2.05) is 12.1 Å². The molecule has 2 rings (SSSR count). The number of aldehydes is 1. The normalized spacial score (nSPS) is 18.7. The van der Waals surface area contributed by atoms with Crippen LogP contribution in [-0.2, 0) is 11.2 Å². The van der Waals surface area contributed by atoms with Gasteiger partial charge in [-0.2, -0.15) is 0 Å². The molecule has 0 aliphatic heterocycles. The molecule has 16 heavy (non-hydrogen) atoms. The number of rotatable bonds is 2. The Morgan fingerprint density at radius 2 is 2.19 bits per heavy atom. The van der Waals surface area contributed by atoms with Crippen LogP contribution in [-0.4, -0.2) is 13.4 Å². The number of benzene rings is 1. The van der Waals surface area contributed by atoms with Crippen LogP contribution in [0.5, 0.6) is 5.75 Å². The molecule has 2 heteroatoms. The standard InChI is InChI=1S/C14H16O2/c1-9-6-11-4-5-12(8-15)10(2)14(11)13(7-9)16-3/h5-8,10H,4H2,1-3H3. The Labute approximate surface area is 95.9 Å². The van der Waals surface area contributed by atoms with Gasteiger partial charge < -0.3 is 4.74 Å². The summed E-state index contributed by atoms with van der Waals surface area (Å²) in [5, 5.41) is 0. The summed E-state index contributed by atoms with van der Waals surface area (Å²) in [4.78, 5) is 10.9. The van der Waals surface area contributed by atoms with Gasteiger partial charge in [0.25, 0.3) is 0 Å². The monoisotopic (exact) mass is 216 g/mol. The van der Waals surface area contributed by atoms with Crippen LogP contribution in [0.2, 0.25) is 0 Å². The maximum atomic E-state index is 10.9. The number of ether oxygens (including phenoxy) is 1. The van der Waals surface area contributed by atoms with Crippen molar-refractivity contribution in [3.8, 4) is 5.75 Å². The minimum Gasteiger partial charge on any atom is -0.496 e. The van der Waals surface area contributed by atoms with Crippen molar-refractivity contribution in [2.24, 2.45) is 0 Å².